The molecule has 1 atom stereocenters. The number of carbonyl (C=O) groups excluding carboxylic acids is 1. The summed E-state index contributed by atoms with van der Waals surface area (Å²) < 4.78 is 1.57. The first-order chi connectivity index (χ1) is 15.0. The number of anilines is 1. The number of hydrogen-bond acceptors (Lipinski definition) is 5. The van der Waals surface area contributed by atoms with E-state index in [-0.39, 0.29) is 11.8 Å². The molecule has 2 aromatic heterocycles. The second-order valence-corrected chi connectivity index (χ2v) is 8.06. The number of amides is 1. The number of nitrogens with one attached hydrogen (secondary N) is 1. The molecule has 1 aliphatic heterocycles. The highest BCUT2D eigenvalue weighted by Gasteiger charge is 2.33. The molecule has 0 radical (unpaired) electrons. The summed E-state index contributed by atoms with van der Waals surface area (Å²) >= 11 is 5.99. The Balaban J connectivity index is 1.61. The maximum atomic E-state index is 12.6. The SMILES string of the molecule is Cc1cccc([C@H]2CC(=O)Nc3c2c(C)nn3-c2nncc(-c3ccc(Cl)cc3)n2)c1. The van der Waals surface area contributed by atoms with Crippen molar-refractivity contribution in [1.29, 1.82) is 0 Å². The fourth-order valence-electron chi connectivity index (χ4n) is 4.01. The molecule has 5 rings (SSSR count). The van der Waals surface area contributed by atoms with Gasteiger partial charge in [-0.05, 0) is 31.5 Å². The summed E-state index contributed by atoms with van der Waals surface area (Å²) in [7, 11) is 0. The normalized spacial score (nSPS) is 15.5. The van der Waals surface area contributed by atoms with E-state index >= 15 is 0 Å². The molecule has 4 aromatic rings. The lowest BCUT2D eigenvalue weighted by Crippen LogP contribution is -2.25. The van der Waals surface area contributed by atoms with Gasteiger partial charge in [0, 0.05) is 28.5 Å². The molecule has 2 aromatic carbocycles. The Bertz CT molecular complexity index is 1300. The van der Waals surface area contributed by atoms with Crippen LogP contribution in [0.2, 0.25) is 5.02 Å². The molecular formula is C23H19ClN6O. The van der Waals surface area contributed by atoms with E-state index in [0.717, 1.165) is 27.9 Å². The Morgan fingerprint density at radius 1 is 1.13 bits per heavy atom. The van der Waals surface area contributed by atoms with Crippen molar-refractivity contribution in [2.75, 3.05) is 5.32 Å². The number of halogens is 1. The highest BCUT2D eigenvalue weighted by atomic mass is 35.5. The first-order valence-electron chi connectivity index (χ1n) is 9.91. The van der Waals surface area contributed by atoms with Gasteiger partial charge < -0.3 is 5.32 Å². The average molecular weight is 431 g/mol. The molecule has 0 spiro atoms. The van der Waals surface area contributed by atoms with E-state index in [2.05, 4.69) is 37.7 Å². The van der Waals surface area contributed by atoms with Crippen LogP contribution in [0.4, 0.5) is 5.82 Å². The third-order valence-electron chi connectivity index (χ3n) is 5.42. The van der Waals surface area contributed by atoms with Crippen molar-refractivity contribution < 1.29 is 4.79 Å². The minimum absolute atomic E-state index is 0.0676. The van der Waals surface area contributed by atoms with Crippen molar-refractivity contribution in [2.45, 2.75) is 26.2 Å². The largest absolute Gasteiger partial charge is 0.310 e. The lowest BCUT2D eigenvalue weighted by atomic mass is 9.85. The first-order valence-corrected chi connectivity index (χ1v) is 10.3. The van der Waals surface area contributed by atoms with Crippen molar-refractivity contribution in [3.05, 3.63) is 82.1 Å². The summed E-state index contributed by atoms with van der Waals surface area (Å²) in [5.74, 6) is 0.740. The number of aromatic nitrogens is 5. The molecule has 0 fully saturated rings. The summed E-state index contributed by atoms with van der Waals surface area (Å²) in [4.78, 5) is 17.2. The zero-order valence-electron chi connectivity index (χ0n) is 17.0. The molecule has 31 heavy (non-hydrogen) atoms. The molecule has 0 saturated heterocycles. The van der Waals surface area contributed by atoms with Gasteiger partial charge in [0.1, 0.15) is 5.82 Å². The number of rotatable bonds is 3. The molecule has 1 aliphatic rings. The van der Waals surface area contributed by atoms with Gasteiger partial charge >= 0.3 is 0 Å². The molecule has 154 valence electrons. The van der Waals surface area contributed by atoms with Gasteiger partial charge in [0.25, 0.3) is 5.95 Å². The van der Waals surface area contributed by atoms with Gasteiger partial charge in [-0.15, -0.1) is 5.10 Å². The monoisotopic (exact) mass is 430 g/mol. The number of benzene rings is 2. The van der Waals surface area contributed by atoms with Crippen LogP contribution in [0.15, 0.2) is 54.7 Å². The molecule has 1 amide bonds. The van der Waals surface area contributed by atoms with Gasteiger partial charge in [0.05, 0.1) is 17.6 Å². The van der Waals surface area contributed by atoms with Crippen molar-refractivity contribution in [3.63, 3.8) is 0 Å². The summed E-state index contributed by atoms with van der Waals surface area (Å²) in [6.45, 7) is 3.98. The van der Waals surface area contributed by atoms with Gasteiger partial charge in [-0.2, -0.15) is 14.9 Å². The van der Waals surface area contributed by atoms with Gasteiger partial charge in [-0.1, -0.05) is 53.6 Å². The zero-order valence-corrected chi connectivity index (χ0v) is 17.8. The maximum Gasteiger partial charge on any atom is 0.272 e. The smallest absolute Gasteiger partial charge is 0.272 e. The van der Waals surface area contributed by atoms with Crippen molar-refractivity contribution in [1.82, 2.24) is 25.0 Å². The van der Waals surface area contributed by atoms with Crippen molar-refractivity contribution in [3.8, 4) is 17.2 Å². The Morgan fingerprint density at radius 2 is 1.94 bits per heavy atom. The van der Waals surface area contributed by atoms with Crippen LogP contribution in [0.5, 0.6) is 0 Å². The Labute approximate surface area is 184 Å². The fraction of sp³-hybridized carbons (Fsp3) is 0.174. The number of carbonyl (C=O) groups is 1. The Kier molecular flexibility index (Phi) is 4.75. The van der Waals surface area contributed by atoms with E-state index in [9.17, 15) is 4.79 Å². The molecule has 0 saturated carbocycles. The summed E-state index contributed by atoms with van der Waals surface area (Å²) in [5.41, 5.74) is 5.54. The van der Waals surface area contributed by atoms with E-state index in [1.165, 1.54) is 0 Å². The van der Waals surface area contributed by atoms with Gasteiger partial charge in [-0.3, -0.25) is 4.79 Å². The quantitative estimate of drug-likeness (QED) is 0.518. The van der Waals surface area contributed by atoms with Crippen LogP contribution in [-0.2, 0) is 4.79 Å². The predicted octanol–water partition coefficient (Wildman–Crippen LogP) is 4.47. The molecule has 0 bridgehead atoms. The Morgan fingerprint density at radius 3 is 2.71 bits per heavy atom. The minimum Gasteiger partial charge on any atom is -0.310 e. The van der Waals surface area contributed by atoms with Crippen LogP contribution in [0.25, 0.3) is 17.2 Å². The van der Waals surface area contributed by atoms with Crippen LogP contribution in [0.1, 0.15) is 34.7 Å². The minimum atomic E-state index is -0.0789. The van der Waals surface area contributed by atoms with Gasteiger partial charge in [0.2, 0.25) is 5.91 Å². The van der Waals surface area contributed by atoms with E-state index < -0.39 is 0 Å². The first kappa shape index (κ1) is 19.4. The lowest BCUT2D eigenvalue weighted by molar-refractivity contribution is -0.116. The van der Waals surface area contributed by atoms with Gasteiger partial charge in [-0.25, -0.2) is 4.98 Å². The topological polar surface area (TPSA) is 85.6 Å². The molecular weight excluding hydrogens is 412 g/mol. The Hall–Kier alpha value is -3.58. The molecule has 0 aliphatic carbocycles. The van der Waals surface area contributed by atoms with Crippen molar-refractivity contribution in [2.24, 2.45) is 0 Å². The molecule has 0 unspecified atom stereocenters. The highest BCUT2D eigenvalue weighted by Crippen LogP contribution is 2.40. The van der Waals surface area contributed by atoms with E-state index in [0.29, 0.717) is 28.9 Å². The van der Waals surface area contributed by atoms with E-state index in [1.54, 1.807) is 23.0 Å². The summed E-state index contributed by atoms with van der Waals surface area (Å²) in [5, 5.41) is 16.6. The molecule has 3 heterocycles. The summed E-state index contributed by atoms with van der Waals surface area (Å²) in [6.07, 6.45) is 1.95. The molecule has 8 heteroatoms. The predicted molar refractivity (Wildman–Crippen MR) is 118 cm³/mol. The van der Waals surface area contributed by atoms with Crippen LogP contribution in [-0.4, -0.2) is 30.9 Å². The molecule has 1 N–H and O–H groups in total. The highest BCUT2D eigenvalue weighted by molar-refractivity contribution is 6.30. The van der Waals surface area contributed by atoms with Crippen LogP contribution in [0, 0.1) is 13.8 Å². The van der Waals surface area contributed by atoms with Crippen LogP contribution in [0.3, 0.4) is 0 Å². The fourth-order valence-corrected chi connectivity index (χ4v) is 4.13. The molecule has 7 nitrogen and oxygen atoms in total. The maximum absolute atomic E-state index is 12.6. The van der Waals surface area contributed by atoms with Crippen molar-refractivity contribution >= 4 is 23.3 Å². The van der Waals surface area contributed by atoms with Gasteiger partial charge in [0.15, 0.2) is 0 Å². The standard InChI is InChI=1S/C23H19ClN6O/c1-13-4-3-5-16(10-13)18-11-20(31)27-22-21(18)14(2)29-30(22)23-26-19(12-25-28-23)15-6-8-17(24)9-7-15/h3-10,12,18H,11H2,1-2H3,(H,27,31)/t18-/m1/s1. The summed E-state index contributed by atoms with van der Waals surface area (Å²) in [6, 6.07) is 15.6. The van der Waals surface area contributed by atoms with E-state index in [1.807, 2.05) is 38.1 Å². The lowest BCUT2D eigenvalue weighted by Gasteiger charge is -2.24. The number of hydrogen-bond donors (Lipinski definition) is 1. The van der Waals surface area contributed by atoms with Crippen LogP contribution < -0.4 is 5.32 Å². The van der Waals surface area contributed by atoms with E-state index in [4.69, 9.17) is 11.6 Å². The average Bonchev–Trinajstić information content (AvgIpc) is 3.10. The number of aryl methyl sites for hydroxylation is 2. The zero-order chi connectivity index (χ0) is 21.5. The number of fused-ring (bicyclic) bond motifs is 1. The second-order valence-electron chi connectivity index (χ2n) is 7.63. The third-order valence-corrected chi connectivity index (χ3v) is 5.68. The second kappa shape index (κ2) is 7.59. The number of nitrogens with zero attached hydrogens (tertiary/aromatic N) is 5. The van der Waals surface area contributed by atoms with Crippen LogP contribution >= 0.6 is 11.6 Å². The third kappa shape index (κ3) is 3.57.